The summed E-state index contributed by atoms with van der Waals surface area (Å²) < 4.78 is 0.734. The fourth-order valence-corrected chi connectivity index (χ4v) is 3.85. The molecule has 0 unspecified atom stereocenters. The SMILES string of the molecule is O=C1SC(SCc2ccccc2)=NC1=Cc1ccc(C(=O)O)cc1. The number of carbonyl (C=O) groups is 2. The standard InChI is InChI=1S/C18H13NO3S2/c20-16(21)14-8-6-12(7-9-14)10-15-17(22)24-18(19-15)23-11-13-4-2-1-3-5-13/h1-10H,11H2,(H,20,21). The van der Waals surface area contributed by atoms with Gasteiger partial charge < -0.3 is 5.11 Å². The summed E-state index contributed by atoms with van der Waals surface area (Å²) in [4.78, 5) is 27.3. The van der Waals surface area contributed by atoms with Gasteiger partial charge in [-0.15, -0.1) is 0 Å². The van der Waals surface area contributed by atoms with Crippen molar-refractivity contribution in [2.24, 2.45) is 4.99 Å². The van der Waals surface area contributed by atoms with E-state index in [4.69, 9.17) is 5.11 Å². The number of benzene rings is 2. The first-order chi connectivity index (χ1) is 11.6. The van der Waals surface area contributed by atoms with Crippen molar-refractivity contribution in [2.75, 3.05) is 0 Å². The maximum atomic E-state index is 12.0. The number of hydrogen-bond donors (Lipinski definition) is 1. The fraction of sp³-hybridized carbons (Fsp3) is 0.0556. The Labute approximate surface area is 147 Å². The molecule has 0 radical (unpaired) electrons. The highest BCUT2D eigenvalue weighted by Gasteiger charge is 2.22. The van der Waals surface area contributed by atoms with Crippen molar-refractivity contribution in [2.45, 2.75) is 5.75 Å². The molecule has 3 rings (SSSR count). The van der Waals surface area contributed by atoms with Crippen LogP contribution < -0.4 is 0 Å². The predicted molar refractivity (Wildman–Crippen MR) is 99.1 cm³/mol. The molecular formula is C18H13NO3S2. The van der Waals surface area contributed by atoms with E-state index in [0.29, 0.717) is 5.70 Å². The summed E-state index contributed by atoms with van der Waals surface area (Å²) in [7, 11) is 0. The number of carboxylic acids is 1. The molecule has 2 aromatic carbocycles. The van der Waals surface area contributed by atoms with E-state index in [1.807, 2.05) is 30.3 Å². The monoisotopic (exact) mass is 355 g/mol. The van der Waals surface area contributed by atoms with Crippen molar-refractivity contribution >= 4 is 45.1 Å². The van der Waals surface area contributed by atoms with E-state index in [0.717, 1.165) is 27.5 Å². The molecular weight excluding hydrogens is 342 g/mol. The van der Waals surface area contributed by atoms with Gasteiger partial charge in [0, 0.05) is 5.75 Å². The van der Waals surface area contributed by atoms with Gasteiger partial charge in [0.1, 0.15) is 10.1 Å². The number of carboxylic acid groups (broad SMARTS) is 1. The molecule has 1 aliphatic rings. The summed E-state index contributed by atoms with van der Waals surface area (Å²) in [6.07, 6.45) is 1.68. The third-order valence-electron chi connectivity index (χ3n) is 3.27. The molecule has 0 amide bonds. The van der Waals surface area contributed by atoms with Crippen molar-refractivity contribution in [3.63, 3.8) is 0 Å². The summed E-state index contributed by atoms with van der Waals surface area (Å²) in [6, 6.07) is 16.4. The van der Waals surface area contributed by atoms with Gasteiger partial charge >= 0.3 is 5.97 Å². The van der Waals surface area contributed by atoms with Gasteiger partial charge in [-0.3, -0.25) is 4.79 Å². The third kappa shape index (κ3) is 4.15. The Kier molecular flexibility index (Phi) is 5.17. The molecule has 0 aromatic heterocycles. The number of aromatic carboxylic acids is 1. The maximum absolute atomic E-state index is 12.0. The molecule has 120 valence electrons. The minimum absolute atomic E-state index is 0.0899. The second-order valence-corrected chi connectivity index (χ2v) is 7.18. The average Bonchev–Trinajstić information content (AvgIpc) is 2.94. The summed E-state index contributed by atoms with van der Waals surface area (Å²) >= 11 is 2.67. The zero-order chi connectivity index (χ0) is 16.9. The van der Waals surface area contributed by atoms with E-state index in [9.17, 15) is 9.59 Å². The van der Waals surface area contributed by atoms with Gasteiger partial charge in [0.15, 0.2) is 0 Å². The van der Waals surface area contributed by atoms with Gasteiger partial charge in [-0.05, 0) is 41.1 Å². The van der Waals surface area contributed by atoms with Crippen LogP contribution in [0.1, 0.15) is 21.5 Å². The van der Waals surface area contributed by atoms with E-state index in [1.54, 1.807) is 18.2 Å². The maximum Gasteiger partial charge on any atom is 0.335 e. The first-order valence-electron chi connectivity index (χ1n) is 7.14. The minimum atomic E-state index is -0.973. The van der Waals surface area contributed by atoms with Crippen LogP contribution in [0.4, 0.5) is 0 Å². The number of rotatable bonds is 4. The van der Waals surface area contributed by atoms with Crippen molar-refractivity contribution in [1.82, 2.24) is 0 Å². The first kappa shape index (κ1) is 16.5. The fourth-order valence-electron chi connectivity index (χ4n) is 2.05. The van der Waals surface area contributed by atoms with Crippen LogP contribution in [0.25, 0.3) is 6.08 Å². The molecule has 6 heteroatoms. The number of nitrogens with zero attached hydrogens (tertiary/aromatic N) is 1. The van der Waals surface area contributed by atoms with Crippen LogP contribution in [0.2, 0.25) is 0 Å². The Balaban J connectivity index is 1.70. The van der Waals surface area contributed by atoms with Gasteiger partial charge in [-0.1, -0.05) is 54.2 Å². The van der Waals surface area contributed by atoms with E-state index in [-0.39, 0.29) is 10.7 Å². The highest BCUT2D eigenvalue weighted by Crippen LogP contribution is 2.32. The van der Waals surface area contributed by atoms with Crippen LogP contribution in [-0.2, 0) is 10.5 Å². The van der Waals surface area contributed by atoms with Gasteiger partial charge in [0.25, 0.3) is 0 Å². The third-order valence-corrected chi connectivity index (χ3v) is 5.35. The molecule has 0 aliphatic carbocycles. The zero-order valence-corrected chi connectivity index (χ0v) is 14.1. The summed E-state index contributed by atoms with van der Waals surface area (Å²) in [5, 5.41) is 8.80. The average molecular weight is 355 g/mol. The van der Waals surface area contributed by atoms with E-state index in [2.05, 4.69) is 4.99 Å². The Morgan fingerprint density at radius 1 is 1.12 bits per heavy atom. The molecule has 2 aromatic rings. The normalized spacial score (nSPS) is 15.6. The summed E-state index contributed by atoms with van der Waals surface area (Å²) in [6.45, 7) is 0. The number of thioether (sulfide) groups is 2. The molecule has 0 spiro atoms. The summed E-state index contributed by atoms with van der Waals surface area (Å²) in [5.74, 6) is -0.208. The van der Waals surface area contributed by atoms with Crippen molar-refractivity contribution in [1.29, 1.82) is 0 Å². The Morgan fingerprint density at radius 3 is 2.50 bits per heavy atom. The Bertz CT molecular complexity index is 827. The second kappa shape index (κ2) is 7.51. The topological polar surface area (TPSA) is 66.7 Å². The van der Waals surface area contributed by atoms with Crippen LogP contribution in [-0.4, -0.2) is 20.6 Å². The smallest absolute Gasteiger partial charge is 0.335 e. The Morgan fingerprint density at radius 2 is 1.83 bits per heavy atom. The lowest BCUT2D eigenvalue weighted by molar-refractivity contribution is -0.107. The Hall–Kier alpha value is -2.31. The number of hydrogen-bond acceptors (Lipinski definition) is 5. The van der Waals surface area contributed by atoms with Crippen LogP contribution in [0, 0.1) is 0 Å². The summed E-state index contributed by atoms with van der Waals surface area (Å²) in [5.41, 5.74) is 2.53. The minimum Gasteiger partial charge on any atom is -0.478 e. The lowest BCUT2D eigenvalue weighted by atomic mass is 10.1. The molecule has 0 fully saturated rings. The molecule has 4 nitrogen and oxygen atoms in total. The molecule has 1 aliphatic heterocycles. The molecule has 24 heavy (non-hydrogen) atoms. The van der Waals surface area contributed by atoms with Crippen molar-refractivity contribution in [3.8, 4) is 0 Å². The van der Waals surface area contributed by atoms with Crippen molar-refractivity contribution < 1.29 is 14.7 Å². The van der Waals surface area contributed by atoms with Gasteiger partial charge in [0.2, 0.25) is 5.12 Å². The van der Waals surface area contributed by atoms with E-state index < -0.39 is 5.97 Å². The number of aliphatic imine (C=N–C) groups is 1. The van der Waals surface area contributed by atoms with E-state index in [1.165, 1.54) is 29.5 Å². The molecule has 1 N–H and O–H groups in total. The number of carbonyl (C=O) groups excluding carboxylic acids is 1. The quantitative estimate of drug-likeness (QED) is 0.829. The highest BCUT2D eigenvalue weighted by molar-refractivity contribution is 8.45. The molecule has 1 heterocycles. The van der Waals surface area contributed by atoms with Gasteiger partial charge in [0.05, 0.1) is 5.56 Å². The molecule has 0 saturated heterocycles. The van der Waals surface area contributed by atoms with Crippen LogP contribution in [0.15, 0.2) is 65.3 Å². The van der Waals surface area contributed by atoms with Crippen LogP contribution in [0.3, 0.4) is 0 Å². The van der Waals surface area contributed by atoms with Gasteiger partial charge in [-0.2, -0.15) is 0 Å². The lowest BCUT2D eigenvalue weighted by Gasteiger charge is -1.98. The van der Waals surface area contributed by atoms with Crippen molar-refractivity contribution in [3.05, 3.63) is 77.0 Å². The molecule has 0 atom stereocenters. The first-order valence-corrected chi connectivity index (χ1v) is 8.95. The van der Waals surface area contributed by atoms with E-state index >= 15 is 0 Å². The zero-order valence-electron chi connectivity index (χ0n) is 12.5. The van der Waals surface area contributed by atoms with Gasteiger partial charge in [-0.25, -0.2) is 9.79 Å². The molecule has 0 saturated carbocycles. The largest absolute Gasteiger partial charge is 0.478 e. The molecule has 0 bridgehead atoms. The highest BCUT2D eigenvalue weighted by atomic mass is 32.2. The predicted octanol–water partition coefficient (Wildman–Crippen LogP) is 4.29. The van der Waals surface area contributed by atoms with Crippen LogP contribution >= 0.6 is 23.5 Å². The lowest BCUT2D eigenvalue weighted by Crippen LogP contribution is -1.95. The second-order valence-electron chi connectivity index (χ2n) is 5.00. The van der Waals surface area contributed by atoms with Crippen LogP contribution in [0.5, 0.6) is 0 Å².